The third-order valence-electron chi connectivity index (χ3n) is 4.50. The zero-order chi connectivity index (χ0) is 23.3. The summed E-state index contributed by atoms with van der Waals surface area (Å²) in [4.78, 5) is 36.1. The number of halogens is 1. The average Bonchev–Trinajstić information content (AvgIpc) is 3.23. The lowest BCUT2D eigenvalue weighted by Crippen LogP contribution is -2.31. The maximum atomic E-state index is 12.9. The minimum absolute atomic E-state index is 0.199. The largest absolute Gasteiger partial charge is 0.463 e. The number of carbonyl (C=O) groups excluding carboxylic acids is 2. The summed E-state index contributed by atoms with van der Waals surface area (Å²) < 4.78 is 6.62. The molecular formula is C22H21ClN4O5. The van der Waals surface area contributed by atoms with E-state index >= 15 is 0 Å². The number of benzene rings is 2. The second kappa shape index (κ2) is 10.1. The molecular weight excluding hydrogens is 436 g/mol. The number of aromatic nitrogens is 2. The third-order valence-corrected chi connectivity index (χ3v) is 4.82. The molecule has 3 rings (SSSR count). The Morgan fingerprint density at radius 2 is 1.88 bits per heavy atom. The van der Waals surface area contributed by atoms with Crippen LogP contribution in [0.25, 0.3) is 5.69 Å². The van der Waals surface area contributed by atoms with Crippen LogP contribution in [0.1, 0.15) is 42.2 Å². The molecule has 1 aromatic heterocycles. The molecule has 0 aliphatic carbocycles. The van der Waals surface area contributed by atoms with Crippen LogP contribution >= 0.6 is 11.6 Å². The Balaban J connectivity index is 1.88. The number of carbonyl (C=O) groups is 2. The van der Waals surface area contributed by atoms with Crippen LogP contribution in [0.15, 0.2) is 60.9 Å². The van der Waals surface area contributed by atoms with Gasteiger partial charge in [0.2, 0.25) is 0 Å². The molecule has 166 valence electrons. The van der Waals surface area contributed by atoms with Gasteiger partial charge in [-0.15, -0.1) is 0 Å². The van der Waals surface area contributed by atoms with Crippen molar-refractivity contribution in [3.63, 3.8) is 0 Å². The van der Waals surface area contributed by atoms with Gasteiger partial charge in [0.15, 0.2) is 0 Å². The van der Waals surface area contributed by atoms with Gasteiger partial charge in [-0.25, -0.2) is 4.68 Å². The molecule has 0 bridgehead atoms. The number of rotatable bonds is 8. The summed E-state index contributed by atoms with van der Waals surface area (Å²) in [5, 5.41) is 18.8. The molecule has 1 heterocycles. The van der Waals surface area contributed by atoms with Crippen LogP contribution in [0.5, 0.6) is 0 Å². The van der Waals surface area contributed by atoms with E-state index in [1.165, 1.54) is 35.3 Å². The van der Waals surface area contributed by atoms with E-state index in [-0.39, 0.29) is 29.3 Å². The lowest BCUT2D eigenvalue weighted by molar-refractivity contribution is -0.385. The van der Waals surface area contributed by atoms with Crippen molar-refractivity contribution < 1.29 is 19.2 Å². The minimum Gasteiger partial charge on any atom is -0.463 e. The summed E-state index contributed by atoms with van der Waals surface area (Å²) in [6.07, 6.45) is 2.20. The number of nitro groups is 1. The van der Waals surface area contributed by atoms with Crippen LogP contribution in [0.4, 0.5) is 5.69 Å². The standard InChI is InChI=1S/C22H21ClN4O5/c1-14(2)32-21(28)11-18(16-7-3-5-9-19(16)27(30)31)25-22(29)15-12-24-26(13-15)20-10-6-4-8-17(20)23/h3-10,12-14,18H,11H2,1-2H3,(H,25,29). The highest BCUT2D eigenvalue weighted by Crippen LogP contribution is 2.28. The van der Waals surface area contributed by atoms with E-state index < -0.39 is 22.8 Å². The minimum atomic E-state index is -0.973. The molecule has 0 aliphatic rings. The predicted octanol–water partition coefficient (Wildman–Crippen LogP) is 4.25. The SMILES string of the molecule is CC(C)OC(=O)CC(NC(=O)c1cnn(-c2ccccc2Cl)c1)c1ccccc1[N+](=O)[O-]. The van der Waals surface area contributed by atoms with Crippen molar-refractivity contribution in [2.45, 2.75) is 32.4 Å². The first kappa shape index (κ1) is 23.0. The van der Waals surface area contributed by atoms with Crippen molar-refractivity contribution in [3.05, 3.63) is 87.2 Å². The number of amides is 1. The average molecular weight is 457 g/mol. The zero-order valence-electron chi connectivity index (χ0n) is 17.4. The highest BCUT2D eigenvalue weighted by Gasteiger charge is 2.27. The van der Waals surface area contributed by atoms with Gasteiger partial charge in [0.1, 0.15) is 0 Å². The van der Waals surface area contributed by atoms with E-state index in [4.69, 9.17) is 16.3 Å². The Bertz CT molecular complexity index is 1140. The first-order chi connectivity index (χ1) is 15.3. The number of nitro benzene ring substituents is 1. The van der Waals surface area contributed by atoms with Crippen molar-refractivity contribution in [3.8, 4) is 5.69 Å². The van der Waals surface area contributed by atoms with E-state index in [1.807, 2.05) is 0 Å². The van der Waals surface area contributed by atoms with E-state index in [0.29, 0.717) is 10.7 Å². The first-order valence-electron chi connectivity index (χ1n) is 9.79. The highest BCUT2D eigenvalue weighted by atomic mass is 35.5. The first-order valence-corrected chi connectivity index (χ1v) is 10.2. The van der Waals surface area contributed by atoms with Crippen molar-refractivity contribution in [1.82, 2.24) is 15.1 Å². The van der Waals surface area contributed by atoms with Gasteiger partial charge < -0.3 is 10.1 Å². The van der Waals surface area contributed by atoms with Crippen molar-refractivity contribution in [1.29, 1.82) is 0 Å². The summed E-state index contributed by atoms with van der Waals surface area (Å²) >= 11 is 6.18. The summed E-state index contributed by atoms with van der Waals surface area (Å²) in [5.74, 6) is -1.14. The van der Waals surface area contributed by atoms with E-state index in [0.717, 1.165) is 0 Å². The second-order valence-corrected chi connectivity index (χ2v) is 7.62. The summed E-state index contributed by atoms with van der Waals surface area (Å²) in [5.41, 5.74) is 0.779. The molecule has 1 N–H and O–H groups in total. The fraction of sp³-hybridized carbons (Fsp3) is 0.227. The Labute approximate surface area is 189 Å². The molecule has 2 aromatic carbocycles. The van der Waals surface area contributed by atoms with Crippen molar-refractivity contribution in [2.24, 2.45) is 0 Å². The summed E-state index contributed by atoms with van der Waals surface area (Å²) in [6.45, 7) is 3.39. The number of nitrogens with one attached hydrogen (secondary N) is 1. The van der Waals surface area contributed by atoms with Crippen LogP contribution in [0.3, 0.4) is 0 Å². The van der Waals surface area contributed by atoms with Gasteiger partial charge in [0.05, 0.1) is 51.5 Å². The fourth-order valence-corrected chi connectivity index (χ4v) is 3.34. The van der Waals surface area contributed by atoms with Gasteiger partial charge in [-0.2, -0.15) is 5.10 Å². The third kappa shape index (κ3) is 5.50. The molecule has 0 fully saturated rings. The molecule has 1 atom stereocenters. The van der Waals surface area contributed by atoms with Crippen LogP contribution in [-0.2, 0) is 9.53 Å². The quantitative estimate of drug-likeness (QED) is 0.307. The predicted molar refractivity (Wildman–Crippen MR) is 118 cm³/mol. The van der Waals surface area contributed by atoms with E-state index in [2.05, 4.69) is 10.4 Å². The second-order valence-electron chi connectivity index (χ2n) is 7.21. The molecule has 0 aliphatic heterocycles. The number of hydrogen-bond donors (Lipinski definition) is 1. The van der Waals surface area contributed by atoms with Crippen molar-refractivity contribution >= 4 is 29.2 Å². The van der Waals surface area contributed by atoms with Gasteiger partial charge in [0, 0.05) is 12.3 Å². The van der Waals surface area contributed by atoms with Gasteiger partial charge in [-0.05, 0) is 26.0 Å². The molecule has 1 amide bonds. The van der Waals surface area contributed by atoms with Gasteiger partial charge in [0.25, 0.3) is 11.6 Å². The molecule has 1 unspecified atom stereocenters. The molecule has 0 saturated carbocycles. The Morgan fingerprint density at radius 1 is 1.19 bits per heavy atom. The van der Waals surface area contributed by atoms with E-state index in [1.54, 1.807) is 44.2 Å². The summed E-state index contributed by atoms with van der Waals surface area (Å²) in [7, 11) is 0. The molecule has 9 nitrogen and oxygen atoms in total. The fourth-order valence-electron chi connectivity index (χ4n) is 3.12. The monoisotopic (exact) mass is 456 g/mol. The number of nitrogens with zero attached hydrogens (tertiary/aromatic N) is 3. The molecule has 32 heavy (non-hydrogen) atoms. The smallest absolute Gasteiger partial charge is 0.308 e. The van der Waals surface area contributed by atoms with Crippen LogP contribution in [0, 0.1) is 10.1 Å². The van der Waals surface area contributed by atoms with Gasteiger partial charge in [-0.3, -0.25) is 19.7 Å². The number of ether oxygens (including phenoxy) is 1. The molecule has 0 spiro atoms. The number of esters is 1. The Hall–Kier alpha value is -3.72. The number of para-hydroxylation sites is 2. The molecule has 10 heteroatoms. The van der Waals surface area contributed by atoms with Crippen molar-refractivity contribution in [2.75, 3.05) is 0 Å². The molecule has 0 saturated heterocycles. The van der Waals surface area contributed by atoms with E-state index in [9.17, 15) is 19.7 Å². The lowest BCUT2D eigenvalue weighted by Gasteiger charge is -2.19. The highest BCUT2D eigenvalue weighted by molar-refractivity contribution is 6.32. The van der Waals surface area contributed by atoms with Crippen LogP contribution in [-0.4, -0.2) is 32.7 Å². The normalized spacial score (nSPS) is 11.8. The van der Waals surface area contributed by atoms with Gasteiger partial charge in [-0.1, -0.05) is 41.9 Å². The van der Waals surface area contributed by atoms with Gasteiger partial charge >= 0.3 is 5.97 Å². The Morgan fingerprint density at radius 3 is 2.56 bits per heavy atom. The molecule has 3 aromatic rings. The maximum Gasteiger partial charge on any atom is 0.308 e. The topological polar surface area (TPSA) is 116 Å². The Kier molecular flexibility index (Phi) is 7.21. The summed E-state index contributed by atoms with van der Waals surface area (Å²) in [6, 6.07) is 12.0. The van der Waals surface area contributed by atoms with Crippen LogP contribution < -0.4 is 5.32 Å². The van der Waals surface area contributed by atoms with Crippen LogP contribution in [0.2, 0.25) is 5.02 Å². The number of hydrogen-bond acceptors (Lipinski definition) is 6. The molecule has 0 radical (unpaired) electrons. The zero-order valence-corrected chi connectivity index (χ0v) is 18.2. The lowest BCUT2D eigenvalue weighted by atomic mass is 10.0. The maximum absolute atomic E-state index is 12.9.